The van der Waals surface area contributed by atoms with Gasteiger partial charge in [0, 0.05) is 12.4 Å². The van der Waals surface area contributed by atoms with Gasteiger partial charge in [0.2, 0.25) is 0 Å². The Morgan fingerprint density at radius 3 is 2.80 bits per heavy atom. The smallest absolute Gasteiger partial charge is 0.335 e. The Morgan fingerprint density at radius 1 is 1.25 bits per heavy atom. The monoisotopic (exact) mass is 268 g/mol. The van der Waals surface area contributed by atoms with Crippen LogP contribution in [0, 0.1) is 0 Å². The van der Waals surface area contributed by atoms with Gasteiger partial charge in [0.1, 0.15) is 5.69 Å². The fraction of sp³-hybridized carbons (Fsp3) is 0. The van der Waals surface area contributed by atoms with Gasteiger partial charge in [-0.1, -0.05) is 0 Å². The van der Waals surface area contributed by atoms with Crippen LogP contribution in [0.25, 0.3) is 22.4 Å². The molecule has 0 aliphatic heterocycles. The molecule has 0 bridgehead atoms. The van der Waals surface area contributed by atoms with E-state index in [0.717, 1.165) is 0 Å². The van der Waals surface area contributed by atoms with Gasteiger partial charge in [-0.3, -0.25) is 9.78 Å². The molecule has 0 saturated carbocycles. The number of aromatic carboxylic acids is 1. The molecule has 0 radical (unpaired) electrons. The second-order valence-corrected chi connectivity index (χ2v) is 4.04. The first-order chi connectivity index (χ1) is 9.65. The van der Waals surface area contributed by atoms with Crippen molar-refractivity contribution >= 4 is 16.9 Å². The quantitative estimate of drug-likeness (QED) is 0.719. The van der Waals surface area contributed by atoms with E-state index in [2.05, 4.69) is 19.9 Å². The molecule has 1 aromatic carbocycles. The highest BCUT2D eigenvalue weighted by Crippen LogP contribution is 2.14. The zero-order valence-electron chi connectivity index (χ0n) is 10.1. The van der Waals surface area contributed by atoms with E-state index in [0.29, 0.717) is 17.0 Å². The van der Waals surface area contributed by atoms with E-state index in [1.54, 1.807) is 0 Å². The number of nitrogens with one attached hydrogen (secondary N) is 1. The number of H-pyrrole nitrogens is 1. The van der Waals surface area contributed by atoms with Crippen LogP contribution < -0.4 is 5.56 Å². The van der Waals surface area contributed by atoms with Crippen LogP contribution in [0.3, 0.4) is 0 Å². The second kappa shape index (κ2) is 4.54. The Labute approximate surface area is 112 Å². The molecular weight excluding hydrogens is 260 g/mol. The molecular formula is C13H8N4O3. The Hall–Kier alpha value is -3.09. The van der Waals surface area contributed by atoms with Crippen LogP contribution in [-0.2, 0) is 0 Å². The van der Waals surface area contributed by atoms with E-state index >= 15 is 0 Å². The van der Waals surface area contributed by atoms with Crippen molar-refractivity contribution in [3.05, 3.63) is 52.7 Å². The third kappa shape index (κ3) is 2.01. The van der Waals surface area contributed by atoms with Crippen molar-refractivity contribution in [3.63, 3.8) is 0 Å². The first-order valence-electron chi connectivity index (χ1n) is 5.69. The summed E-state index contributed by atoms with van der Waals surface area (Å²) in [4.78, 5) is 37.7. The van der Waals surface area contributed by atoms with Crippen LogP contribution >= 0.6 is 0 Å². The number of aromatic nitrogens is 4. The molecule has 3 rings (SSSR count). The van der Waals surface area contributed by atoms with Crippen molar-refractivity contribution in [2.45, 2.75) is 0 Å². The summed E-state index contributed by atoms with van der Waals surface area (Å²) in [5, 5.41) is 9.14. The van der Waals surface area contributed by atoms with Gasteiger partial charge >= 0.3 is 5.97 Å². The van der Waals surface area contributed by atoms with E-state index in [9.17, 15) is 9.59 Å². The Bertz CT molecular complexity index is 858. The molecule has 0 atom stereocenters. The van der Waals surface area contributed by atoms with Gasteiger partial charge in [-0.15, -0.1) is 0 Å². The SMILES string of the molecule is O=C(O)c1ccc2nc(-c3cnccn3)[nH]c(=O)c2c1. The predicted molar refractivity (Wildman–Crippen MR) is 70.3 cm³/mol. The van der Waals surface area contributed by atoms with E-state index in [1.807, 2.05) is 0 Å². The lowest BCUT2D eigenvalue weighted by molar-refractivity contribution is 0.0697. The molecule has 0 amide bonds. The molecule has 98 valence electrons. The van der Waals surface area contributed by atoms with Gasteiger partial charge in [-0.2, -0.15) is 0 Å². The summed E-state index contributed by atoms with van der Waals surface area (Å²) < 4.78 is 0. The van der Waals surface area contributed by atoms with E-state index in [1.165, 1.54) is 36.8 Å². The van der Waals surface area contributed by atoms with Gasteiger partial charge < -0.3 is 10.1 Å². The lowest BCUT2D eigenvalue weighted by Crippen LogP contribution is -2.11. The normalized spacial score (nSPS) is 10.6. The van der Waals surface area contributed by atoms with Crippen LogP contribution in [-0.4, -0.2) is 31.0 Å². The lowest BCUT2D eigenvalue weighted by Gasteiger charge is -2.02. The molecule has 2 heterocycles. The zero-order valence-corrected chi connectivity index (χ0v) is 10.1. The Morgan fingerprint density at radius 2 is 2.10 bits per heavy atom. The molecule has 0 fully saturated rings. The van der Waals surface area contributed by atoms with Gasteiger partial charge in [0.25, 0.3) is 5.56 Å². The highest BCUT2D eigenvalue weighted by atomic mass is 16.4. The summed E-state index contributed by atoms with van der Waals surface area (Å²) in [5.74, 6) is -0.803. The van der Waals surface area contributed by atoms with Gasteiger partial charge in [0.05, 0.1) is 22.7 Å². The van der Waals surface area contributed by atoms with Crippen molar-refractivity contribution in [2.75, 3.05) is 0 Å². The summed E-state index contributed by atoms with van der Waals surface area (Å²) in [7, 11) is 0. The second-order valence-electron chi connectivity index (χ2n) is 4.04. The van der Waals surface area contributed by atoms with Crippen LogP contribution in [0.5, 0.6) is 0 Å². The number of carboxylic acid groups (broad SMARTS) is 1. The first kappa shape index (κ1) is 12.0. The summed E-state index contributed by atoms with van der Waals surface area (Å²) in [6.45, 7) is 0. The van der Waals surface area contributed by atoms with Crippen LogP contribution in [0.15, 0.2) is 41.6 Å². The Kier molecular flexibility index (Phi) is 2.72. The maximum Gasteiger partial charge on any atom is 0.335 e. The average molecular weight is 268 g/mol. The standard InChI is InChI=1S/C13H8N4O3/c18-12-8-5-7(13(19)20)1-2-9(8)16-11(17-12)10-6-14-3-4-15-10/h1-6H,(H,19,20)(H,16,17,18). The highest BCUT2D eigenvalue weighted by Gasteiger charge is 2.10. The van der Waals surface area contributed by atoms with Gasteiger partial charge in [-0.25, -0.2) is 14.8 Å². The number of carboxylic acids is 1. The molecule has 0 saturated heterocycles. The molecule has 2 aromatic heterocycles. The molecule has 20 heavy (non-hydrogen) atoms. The van der Waals surface area contributed by atoms with Crippen LogP contribution in [0.4, 0.5) is 0 Å². The van der Waals surface area contributed by atoms with E-state index in [4.69, 9.17) is 5.11 Å². The maximum absolute atomic E-state index is 12.0. The average Bonchev–Trinajstić information content (AvgIpc) is 2.47. The number of hydrogen-bond acceptors (Lipinski definition) is 5. The number of carbonyl (C=O) groups is 1. The van der Waals surface area contributed by atoms with Gasteiger partial charge in [-0.05, 0) is 18.2 Å². The number of aromatic amines is 1. The number of fused-ring (bicyclic) bond motifs is 1. The van der Waals surface area contributed by atoms with Crippen molar-refractivity contribution < 1.29 is 9.90 Å². The zero-order chi connectivity index (χ0) is 14.1. The molecule has 0 aliphatic rings. The van der Waals surface area contributed by atoms with Crippen molar-refractivity contribution in [1.29, 1.82) is 0 Å². The summed E-state index contributed by atoms with van der Waals surface area (Å²) in [5.41, 5.74) is 0.462. The molecule has 7 nitrogen and oxygen atoms in total. The molecule has 0 spiro atoms. The number of benzene rings is 1. The number of hydrogen-bond donors (Lipinski definition) is 2. The van der Waals surface area contributed by atoms with Crippen molar-refractivity contribution in [1.82, 2.24) is 19.9 Å². The molecule has 0 unspecified atom stereocenters. The maximum atomic E-state index is 12.0. The Balaban J connectivity index is 2.24. The molecule has 0 aliphatic carbocycles. The van der Waals surface area contributed by atoms with Crippen LogP contribution in [0.1, 0.15) is 10.4 Å². The predicted octanol–water partition coefficient (Wildman–Crippen LogP) is 1.08. The van der Waals surface area contributed by atoms with Crippen molar-refractivity contribution in [2.24, 2.45) is 0 Å². The summed E-state index contributed by atoms with van der Waals surface area (Å²) in [6.07, 6.45) is 4.49. The molecule has 2 N–H and O–H groups in total. The minimum atomic E-state index is -1.09. The number of rotatable bonds is 2. The van der Waals surface area contributed by atoms with E-state index in [-0.39, 0.29) is 10.9 Å². The van der Waals surface area contributed by atoms with E-state index < -0.39 is 11.5 Å². The third-order valence-corrected chi connectivity index (χ3v) is 2.76. The summed E-state index contributed by atoms with van der Waals surface area (Å²) >= 11 is 0. The van der Waals surface area contributed by atoms with Crippen molar-refractivity contribution in [3.8, 4) is 11.5 Å². The largest absolute Gasteiger partial charge is 0.478 e. The minimum Gasteiger partial charge on any atom is -0.478 e. The molecule has 3 aromatic rings. The van der Waals surface area contributed by atoms with Gasteiger partial charge in [0.15, 0.2) is 5.82 Å². The third-order valence-electron chi connectivity index (χ3n) is 2.76. The van der Waals surface area contributed by atoms with Crippen LogP contribution in [0.2, 0.25) is 0 Å². The topological polar surface area (TPSA) is 109 Å². The first-order valence-corrected chi connectivity index (χ1v) is 5.69. The fourth-order valence-electron chi connectivity index (χ4n) is 1.81. The minimum absolute atomic E-state index is 0.0389. The summed E-state index contributed by atoms with van der Waals surface area (Å²) in [6, 6.07) is 4.19. The molecule has 7 heteroatoms. The fourth-order valence-corrected chi connectivity index (χ4v) is 1.81. The highest BCUT2D eigenvalue weighted by molar-refractivity contribution is 5.93. The lowest BCUT2D eigenvalue weighted by atomic mass is 10.1. The number of nitrogens with zero attached hydrogens (tertiary/aromatic N) is 3.